The quantitative estimate of drug-likeness (QED) is 0.556. The van der Waals surface area contributed by atoms with Gasteiger partial charge in [-0.25, -0.2) is 14.4 Å². The van der Waals surface area contributed by atoms with Crippen LogP contribution in [0.3, 0.4) is 0 Å². The lowest BCUT2D eigenvalue weighted by atomic mass is 10.3. The molecule has 0 unspecified atom stereocenters. The van der Waals surface area contributed by atoms with Crippen LogP contribution in [0, 0.1) is 12.7 Å². The van der Waals surface area contributed by atoms with Crippen molar-refractivity contribution >= 4 is 32.4 Å². The molecule has 1 N–H and O–H groups in total. The summed E-state index contributed by atoms with van der Waals surface area (Å²) >= 11 is 1.40. The molecule has 4 aromatic rings. The van der Waals surface area contributed by atoms with Crippen LogP contribution in [-0.2, 0) is 0 Å². The van der Waals surface area contributed by atoms with Gasteiger partial charge in [0.15, 0.2) is 5.13 Å². The average molecular weight is 352 g/mol. The Balaban J connectivity index is 1.50. The minimum Gasteiger partial charge on any atom is -0.437 e. The first-order valence-electron chi connectivity index (χ1n) is 7.56. The molecule has 0 amide bonds. The number of hydrogen-bond acceptors (Lipinski definition) is 6. The van der Waals surface area contributed by atoms with Crippen molar-refractivity contribution < 1.29 is 9.13 Å². The highest BCUT2D eigenvalue weighted by atomic mass is 32.1. The fraction of sp³-hybridized carbons (Fsp3) is 0.0556. The van der Waals surface area contributed by atoms with E-state index in [2.05, 4.69) is 20.3 Å². The number of nitrogens with zero attached hydrogens (tertiary/aromatic N) is 3. The van der Waals surface area contributed by atoms with Gasteiger partial charge in [0.1, 0.15) is 11.6 Å². The Morgan fingerprint density at radius 2 is 1.84 bits per heavy atom. The molecule has 5 nitrogen and oxygen atoms in total. The first-order valence-corrected chi connectivity index (χ1v) is 8.38. The minimum atomic E-state index is -0.261. The van der Waals surface area contributed by atoms with E-state index in [1.54, 1.807) is 18.5 Å². The molecule has 0 saturated heterocycles. The van der Waals surface area contributed by atoms with Crippen LogP contribution in [-0.4, -0.2) is 15.0 Å². The molecule has 2 aromatic carbocycles. The number of fused-ring (bicyclic) bond motifs is 1. The molecule has 25 heavy (non-hydrogen) atoms. The minimum absolute atomic E-state index is 0.261. The third-order valence-corrected chi connectivity index (χ3v) is 4.44. The molecule has 0 radical (unpaired) electrons. The second kappa shape index (κ2) is 6.45. The van der Waals surface area contributed by atoms with E-state index in [0.29, 0.717) is 16.8 Å². The van der Waals surface area contributed by atoms with Crippen LogP contribution in [0.5, 0.6) is 11.6 Å². The van der Waals surface area contributed by atoms with E-state index in [1.165, 1.54) is 23.5 Å². The number of hydrogen-bond donors (Lipinski definition) is 1. The lowest BCUT2D eigenvalue weighted by molar-refractivity contribution is 0.455. The van der Waals surface area contributed by atoms with E-state index in [-0.39, 0.29) is 5.82 Å². The summed E-state index contributed by atoms with van der Waals surface area (Å²) in [4.78, 5) is 12.7. The number of aryl methyl sites for hydroxylation is 1. The Morgan fingerprint density at radius 3 is 2.64 bits per heavy atom. The van der Waals surface area contributed by atoms with Crippen molar-refractivity contribution in [2.24, 2.45) is 0 Å². The van der Waals surface area contributed by atoms with E-state index < -0.39 is 0 Å². The molecular formula is C18H13FN4OS. The summed E-state index contributed by atoms with van der Waals surface area (Å²) in [6, 6.07) is 12.0. The summed E-state index contributed by atoms with van der Waals surface area (Å²) in [6.07, 6.45) is 3.22. The van der Waals surface area contributed by atoms with E-state index in [0.717, 1.165) is 21.6 Å². The Hall–Kier alpha value is -3.06. The summed E-state index contributed by atoms with van der Waals surface area (Å²) in [7, 11) is 0. The van der Waals surface area contributed by atoms with Crippen molar-refractivity contribution in [3.63, 3.8) is 0 Å². The number of aromatic nitrogens is 3. The second-order valence-corrected chi connectivity index (χ2v) is 6.36. The van der Waals surface area contributed by atoms with Gasteiger partial charge in [0.05, 0.1) is 15.9 Å². The van der Waals surface area contributed by atoms with Gasteiger partial charge in [0.25, 0.3) is 0 Å². The van der Waals surface area contributed by atoms with Crippen LogP contribution in [0.15, 0.2) is 54.9 Å². The van der Waals surface area contributed by atoms with Crippen LogP contribution in [0.4, 0.5) is 15.2 Å². The molecule has 2 aromatic heterocycles. The van der Waals surface area contributed by atoms with Crippen molar-refractivity contribution in [1.29, 1.82) is 0 Å². The van der Waals surface area contributed by atoms with Crippen molar-refractivity contribution in [1.82, 2.24) is 15.0 Å². The van der Waals surface area contributed by atoms with Gasteiger partial charge in [-0.3, -0.25) is 4.98 Å². The normalized spacial score (nSPS) is 10.8. The van der Waals surface area contributed by atoms with Crippen molar-refractivity contribution in [3.8, 4) is 11.6 Å². The van der Waals surface area contributed by atoms with Crippen LogP contribution >= 0.6 is 11.3 Å². The molecule has 124 valence electrons. The maximum atomic E-state index is 13.3. The number of anilines is 2. The van der Waals surface area contributed by atoms with Gasteiger partial charge < -0.3 is 10.1 Å². The summed E-state index contributed by atoms with van der Waals surface area (Å²) in [6.45, 7) is 1.84. The fourth-order valence-electron chi connectivity index (χ4n) is 2.29. The van der Waals surface area contributed by atoms with Crippen LogP contribution < -0.4 is 10.1 Å². The topological polar surface area (TPSA) is 59.9 Å². The van der Waals surface area contributed by atoms with Crippen LogP contribution in [0.25, 0.3) is 10.2 Å². The fourth-order valence-corrected chi connectivity index (χ4v) is 3.20. The van der Waals surface area contributed by atoms with E-state index in [9.17, 15) is 4.39 Å². The largest absolute Gasteiger partial charge is 0.437 e. The molecule has 4 rings (SSSR count). The monoisotopic (exact) mass is 352 g/mol. The molecular weight excluding hydrogens is 339 g/mol. The Morgan fingerprint density at radius 1 is 1.04 bits per heavy atom. The third-order valence-electron chi connectivity index (χ3n) is 3.51. The van der Waals surface area contributed by atoms with Gasteiger partial charge in [-0.05, 0) is 49.4 Å². The zero-order chi connectivity index (χ0) is 17.2. The molecule has 0 spiro atoms. The summed E-state index contributed by atoms with van der Waals surface area (Å²) < 4.78 is 19.8. The zero-order valence-corrected chi connectivity index (χ0v) is 14.0. The molecule has 0 bridgehead atoms. The summed E-state index contributed by atoms with van der Waals surface area (Å²) in [5, 5.41) is 3.92. The number of thiazole rings is 1. The summed E-state index contributed by atoms with van der Waals surface area (Å²) in [5.41, 5.74) is 2.36. The lowest BCUT2D eigenvalue weighted by Gasteiger charge is -2.07. The van der Waals surface area contributed by atoms with Gasteiger partial charge in [0.2, 0.25) is 5.88 Å². The standard InChI is InChI=1S/C18H13FN4OS/c1-11-17(21-9-8-20-11)24-14-5-3-13(4-6-14)22-18-23-15-7-2-12(19)10-16(15)25-18/h2-10H,1H3,(H,22,23). The Kier molecular flexibility index (Phi) is 3.99. The van der Waals surface area contributed by atoms with Crippen molar-refractivity contribution in [2.45, 2.75) is 6.92 Å². The van der Waals surface area contributed by atoms with Gasteiger partial charge in [-0.2, -0.15) is 0 Å². The number of ether oxygens (including phenoxy) is 1. The highest BCUT2D eigenvalue weighted by molar-refractivity contribution is 7.22. The molecule has 7 heteroatoms. The Labute approximate surface area is 147 Å². The highest BCUT2D eigenvalue weighted by Gasteiger charge is 2.06. The van der Waals surface area contributed by atoms with E-state index in [4.69, 9.17) is 4.74 Å². The smallest absolute Gasteiger partial charge is 0.240 e. The highest BCUT2D eigenvalue weighted by Crippen LogP contribution is 2.30. The number of benzene rings is 2. The number of halogens is 1. The van der Waals surface area contributed by atoms with Gasteiger partial charge in [-0.1, -0.05) is 11.3 Å². The zero-order valence-electron chi connectivity index (χ0n) is 13.2. The maximum Gasteiger partial charge on any atom is 0.240 e. The van der Waals surface area contributed by atoms with Crippen molar-refractivity contribution in [3.05, 3.63) is 66.4 Å². The molecule has 0 aliphatic carbocycles. The van der Waals surface area contributed by atoms with Crippen LogP contribution in [0.2, 0.25) is 0 Å². The predicted molar refractivity (Wildman–Crippen MR) is 96.1 cm³/mol. The maximum absolute atomic E-state index is 13.3. The number of nitrogens with one attached hydrogen (secondary N) is 1. The third kappa shape index (κ3) is 3.41. The lowest BCUT2D eigenvalue weighted by Crippen LogP contribution is -1.93. The second-order valence-electron chi connectivity index (χ2n) is 5.33. The average Bonchev–Trinajstić information content (AvgIpc) is 3.00. The molecule has 0 atom stereocenters. The Bertz CT molecular complexity index is 1030. The molecule has 0 aliphatic rings. The van der Waals surface area contributed by atoms with Crippen molar-refractivity contribution in [2.75, 3.05) is 5.32 Å². The SMILES string of the molecule is Cc1nccnc1Oc1ccc(Nc2nc3ccc(F)cc3s2)cc1. The molecule has 2 heterocycles. The molecule has 0 fully saturated rings. The molecule has 0 aliphatic heterocycles. The predicted octanol–water partition coefficient (Wildman–Crippen LogP) is 5.07. The first kappa shape index (κ1) is 15.5. The van der Waals surface area contributed by atoms with Crippen LogP contribution in [0.1, 0.15) is 5.69 Å². The van der Waals surface area contributed by atoms with E-state index in [1.807, 2.05) is 31.2 Å². The first-order chi connectivity index (χ1) is 12.2. The van der Waals surface area contributed by atoms with Gasteiger partial charge >= 0.3 is 0 Å². The van der Waals surface area contributed by atoms with E-state index >= 15 is 0 Å². The van der Waals surface area contributed by atoms with Gasteiger partial charge in [0, 0.05) is 18.1 Å². The van der Waals surface area contributed by atoms with Gasteiger partial charge in [-0.15, -0.1) is 0 Å². The molecule has 0 saturated carbocycles. The number of rotatable bonds is 4. The summed E-state index contributed by atoms with van der Waals surface area (Å²) in [5.74, 6) is 0.889.